The summed E-state index contributed by atoms with van der Waals surface area (Å²) in [5.74, 6) is -0.473. The van der Waals surface area contributed by atoms with Gasteiger partial charge in [0, 0.05) is 5.92 Å². The Balaban J connectivity index is 2.49. The van der Waals surface area contributed by atoms with Gasteiger partial charge >= 0.3 is 5.97 Å². The van der Waals surface area contributed by atoms with Gasteiger partial charge in [-0.15, -0.1) is 0 Å². The second-order valence-electron chi connectivity index (χ2n) is 6.15. The first-order chi connectivity index (χ1) is 9.84. The van der Waals surface area contributed by atoms with Crippen molar-refractivity contribution in [1.82, 2.24) is 0 Å². The fraction of sp³-hybridized carbons (Fsp3) is 0.556. The number of benzene rings is 1. The first-order valence-electron chi connectivity index (χ1n) is 7.60. The molecule has 0 heterocycles. The maximum atomic E-state index is 12.4. The SMILES string of the molecule is CCOC(=O)C1(C(C)=O)CCC1c1c(C)cc(C)cc1C. The van der Waals surface area contributed by atoms with Crippen molar-refractivity contribution in [2.45, 2.75) is 53.4 Å². The molecule has 21 heavy (non-hydrogen) atoms. The Bertz CT molecular complexity index is 565. The summed E-state index contributed by atoms with van der Waals surface area (Å²) in [6.07, 6.45) is 1.46. The molecule has 1 aromatic carbocycles. The molecule has 1 fully saturated rings. The Labute approximate surface area is 126 Å². The lowest BCUT2D eigenvalue weighted by atomic mass is 9.54. The van der Waals surface area contributed by atoms with E-state index in [4.69, 9.17) is 4.74 Å². The monoisotopic (exact) mass is 288 g/mol. The van der Waals surface area contributed by atoms with Gasteiger partial charge in [-0.2, -0.15) is 0 Å². The summed E-state index contributed by atoms with van der Waals surface area (Å²) < 4.78 is 5.21. The van der Waals surface area contributed by atoms with Crippen LogP contribution in [0.3, 0.4) is 0 Å². The van der Waals surface area contributed by atoms with Crippen molar-refractivity contribution in [2.24, 2.45) is 5.41 Å². The van der Waals surface area contributed by atoms with E-state index in [0.29, 0.717) is 13.0 Å². The van der Waals surface area contributed by atoms with Crippen LogP contribution in [0.15, 0.2) is 12.1 Å². The molecular weight excluding hydrogens is 264 g/mol. The Hall–Kier alpha value is -1.64. The zero-order chi connectivity index (χ0) is 15.8. The lowest BCUT2D eigenvalue weighted by Crippen LogP contribution is -2.51. The molecule has 1 aliphatic rings. The van der Waals surface area contributed by atoms with E-state index in [1.807, 2.05) is 0 Å². The molecule has 2 unspecified atom stereocenters. The smallest absolute Gasteiger partial charge is 0.320 e. The molecule has 0 spiro atoms. The lowest BCUT2D eigenvalue weighted by Gasteiger charge is -2.46. The van der Waals surface area contributed by atoms with Crippen LogP contribution < -0.4 is 0 Å². The molecular formula is C18H24O3. The Morgan fingerprint density at radius 2 is 1.81 bits per heavy atom. The predicted octanol–water partition coefficient (Wildman–Crippen LogP) is 3.63. The molecule has 0 amide bonds. The van der Waals surface area contributed by atoms with Crippen LogP contribution in [0.25, 0.3) is 0 Å². The van der Waals surface area contributed by atoms with E-state index >= 15 is 0 Å². The molecule has 2 atom stereocenters. The highest BCUT2D eigenvalue weighted by atomic mass is 16.5. The number of ketones is 1. The topological polar surface area (TPSA) is 43.4 Å². The second-order valence-corrected chi connectivity index (χ2v) is 6.15. The molecule has 114 valence electrons. The Morgan fingerprint density at radius 3 is 2.19 bits per heavy atom. The average molecular weight is 288 g/mol. The number of ether oxygens (including phenoxy) is 1. The Morgan fingerprint density at radius 1 is 1.24 bits per heavy atom. The molecule has 1 aromatic rings. The van der Waals surface area contributed by atoms with Crippen LogP contribution in [-0.4, -0.2) is 18.4 Å². The van der Waals surface area contributed by atoms with Crippen molar-refractivity contribution in [3.63, 3.8) is 0 Å². The molecule has 0 aliphatic heterocycles. The summed E-state index contributed by atoms with van der Waals surface area (Å²) in [6.45, 7) is 9.79. The highest BCUT2D eigenvalue weighted by Crippen LogP contribution is 2.55. The van der Waals surface area contributed by atoms with Gasteiger partial charge in [-0.3, -0.25) is 9.59 Å². The molecule has 0 aromatic heterocycles. The lowest BCUT2D eigenvalue weighted by molar-refractivity contribution is -0.168. The van der Waals surface area contributed by atoms with Crippen molar-refractivity contribution in [2.75, 3.05) is 6.61 Å². The van der Waals surface area contributed by atoms with E-state index in [2.05, 4.69) is 32.9 Å². The van der Waals surface area contributed by atoms with Crippen LogP contribution in [-0.2, 0) is 14.3 Å². The third-order valence-corrected chi connectivity index (χ3v) is 4.78. The molecule has 1 aliphatic carbocycles. The van der Waals surface area contributed by atoms with Crippen LogP contribution in [0.1, 0.15) is 54.9 Å². The van der Waals surface area contributed by atoms with Gasteiger partial charge in [0.25, 0.3) is 0 Å². The van der Waals surface area contributed by atoms with Crippen molar-refractivity contribution in [3.8, 4) is 0 Å². The number of Topliss-reactive ketones (excluding diaryl/α,β-unsaturated/α-hetero) is 1. The minimum absolute atomic E-state index is 0.0466. The minimum atomic E-state index is -0.971. The van der Waals surface area contributed by atoms with Gasteiger partial charge in [0.2, 0.25) is 0 Å². The van der Waals surface area contributed by atoms with Gasteiger partial charge in [0.05, 0.1) is 6.61 Å². The quantitative estimate of drug-likeness (QED) is 0.627. The maximum Gasteiger partial charge on any atom is 0.320 e. The largest absolute Gasteiger partial charge is 0.465 e. The van der Waals surface area contributed by atoms with Gasteiger partial charge in [-0.25, -0.2) is 0 Å². The number of esters is 1. The first-order valence-corrected chi connectivity index (χ1v) is 7.60. The number of carbonyl (C=O) groups is 2. The van der Waals surface area contributed by atoms with E-state index in [1.165, 1.54) is 12.5 Å². The van der Waals surface area contributed by atoms with Crippen LogP contribution in [0.4, 0.5) is 0 Å². The molecule has 3 heteroatoms. The average Bonchev–Trinajstić information content (AvgIpc) is 2.32. The minimum Gasteiger partial charge on any atom is -0.465 e. The highest BCUT2D eigenvalue weighted by Gasteiger charge is 2.58. The van der Waals surface area contributed by atoms with Crippen LogP contribution in [0.5, 0.6) is 0 Å². The fourth-order valence-corrected chi connectivity index (χ4v) is 3.78. The molecule has 2 rings (SSSR count). The predicted molar refractivity (Wildman–Crippen MR) is 82.4 cm³/mol. The van der Waals surface area contributed by atoms with Gasteiger partial charge in [-0.05, 0) is 64.2 Å². The number of rotatable bonds is 4. The standard InChI is InChI=1S/C18H24O3/c1-6-21-17(20)18(14(5)19)8-7-15(18)16-12(3)9-11(2)10-13(16)4/h9-10,15H,6-8H2,1-5H3. The number of carbonyl (C=O) groups excluding carboxylic acids is 2. The van der Waals surface area contributed by atoms with Crippen molar-refractivity contribution in [1.29, 1.82) is 0 Å². The third kappa shape index (κ3) is 2.39. The van der Waals surface area contributed by atoms with Gasteiger partial charge in [0.15, 0.2) is 0 Å². The number of aryl methyl sites for hydroxylation is 3. The molecule has 0 N–H and O–H groups in total. The zero-order valence-electron chi connectivity index (χ0n) is 13.6. The zero-order valence-corrected chi connectivity index (χ0v) is 13.6. The summed E-state index contributed by atoms with van der Waals surface area (Å²) in [6, 6.07) is 4.24. The summed E-state index contributed by atoms with van der Waals surface area (Å²) >= 11 is 0. The van der Waals surface area contributed by atoms with Gasteiger partial charge in [0.1, 0.15) is 11.2 Å². The number of hydrogen-bond donors (Lipinski definition) is 0. The molecule has 1 saturated carbocycles. The van der Waals surface area contributed by atoms with E-state index < -0.39 is 5.41 Å². The molecule has 0 radical (unpaired) electrons. The summed E-state index contributed by atoms with van der Waals surface area (Å²) in [5.41, 5.74) is 3.70. The van der Waals surface area contributed by atoms with E-state index in [9.17, 15) is 9.59 Å². The van der Waals surface area contributed by atoms with Crippen LogP contribution in [0.2, 0.25) is 0 Å². The van der Waals surface area contributed by atoms with Crippen molar-refractivity contribution in [3.05, 3.63) is 34.4 Å². The molecule has 0 saturated heterocycles. The fourth-order valence-electron chi connectivity index (χ4n) is 3.78. The number of hydrogen-bond acceptors (Lipinski definition) is 3. The second kappa shape index (κ2) is 5.63. The van der Waals surface area contributed by atoms with Crippen molar-refractivity contribution < 1.29 is 14.3 Å². The van der Waals surface area contributed by atoms with E-state index in [0.717, 1.165) is 23.1 Å². The van der Waals surface area contributed by atoms with Gasteiger partial charge < -0.3 is 4.74 Å². The summed E-state index contributed by atoms with van der Waals surface area (Å²) in [4.78, 5) is 24.7. The molecule has 0 bridgehead atoms. The molecule has 3 nitrogen and oxygen atoms in total. The van der Waals surface area contributed by atoms with Crippen LogP contribution >= 0.6 is 0 Å². The highest BCUT2D eigenvalue weighted by molar-refractivity contribution is 6.05. The van der Waals surface area contributed by atoms with E-state index in [-0.39, 0.29) is 17.7 Å². The first kappa shape index (κ1) is 15.7. The van der Waals surface area contributed by atoms with Gasteiger partial charge in [-0.1, -0.05) is 17.7 Å². The maximum absolute atomic E-state index is 12.4. The summed E-state index contributed by atoms with van der Waals surface area (Å²) in [7, 11) is 0. The van der Waals surface area contributed by atoms with E-state index in [1.54, 1.807) is 6.92 Å². The normalized spacial score (nSPS) is 24.3. The van der Waals surface area contributed by atoms with Crippen molar-refractivity contribution >= 4 is 11.8 Å². The third-order valence-electron chi connectivity index (χ3n) is 4.78. The Kier molecular flexibility index (Phi) is 4.22. The van der Waals surface area contributed by atoms with Crippen LogP contribution in [0, 0.1) is 26.2 Å². The summed E-state index contributed by atoms with van der Waals surface area (Å²) in [5, 5.41) is 0.